The largest absolute Gasteiger partial charge is 0.334 e. The molecular weight excluding hydrogens is 308 g/mol. The normalized spacial score (nSPS) is 12.1. The van der Waals surface area contributed by atoms with E-state index < -0.39 is 0 Å². The Kier molecular flexibility index (Phi) is 11.2. The van der Waals surface area contributed by atoms with E-state index in [1.807, 2.05) is 30.3 Å². The zero-order valence-corrected chi connectivity index (χ0v) is 16.1. The summed E-state index contributed by atoms with van der Waals surface area (Å²) in [6.45, 7) is 7.76. The number of carbonyl (C=O) groups excluding carboxylic acids is 1. The molecule has 1 rings (SSSR count). The Balaban J connectivity index is 2.46. The highest BCUT2D eigenvalue weighted by atomic mass is 16.2. The second kappa shape index (κ2) is 13.3. The van der Waals surface area contributed by atoms with Gasteiger partial charge in [0, 0.05) is 13.1 Å². The summed E-state index contributed by atoms with van der Waals surface area (Å²) in [4.78, 5) is 12.0. The van der Waals surface area contributed by atoms with E-state index in [1.54, 1.807) is 0 Å². The van der Waals surface area contributed by atoms with Crippen LogP contribution in [0.3, 0.4) is 0 Å². The van der Waals surface area contributed by atoms with Crippen LogP contribution in [0.4, 0.5) is 4.79 Å². The smallest absolute Gasteiger partial charge is 0.315 e. The summed E-state index contributed by atoms with van der Waals surface area (Å²) in [7, 11) is 0. The quantitative estimate of drug-likeness (QED) is 0.495. The summed E-state index contributed by atoms with van der Waals surface area (Å²) in [5.74, 6) is 0. The maximum absolute atomic E-state index is 12.0. The highest BCUT2D eigenvalue weighted by Crippen LogP contribution is 2.10. The molecule has 0 saturated carbocycles. The van der Waals surface area contributed by atoms with E-state index in [-0.39, 0.29) is 6.03 Å². The van der Waals surface area contributed by atoms with Crippen LogP contribution in [0.5, 0.6) is 0 Å². The summed E-state index contributed by atoms with van der Waals surface area (Å²) < 4.78 is 0. The fourth-order valence-corrected chi connectivity index (χ4v) is 2.47. The maximum atomic E-state index is 12.0. The number of nitrogens with one attached hydrogen (secondary N) is 2. The molecule has 0 aromatic heterocycles. The van der Waals surface area contributed by atoms with E-state index in [4.69, 9.17) is 0 Å². The van der Waals surface area contributed by atoms with E-state index in [2.05, 4.69) is 43.6 Å². The van der Waals surface area contributed by atoms with Gasteiger partial charge in [0.15, 0.2) is 0 Å². The minimum Gasteiger partial charge on any atom is -0.334 e. The zero-order chi connectivity index (χ0) is 18.3. The molecule has 3 heteroatoms. The predicted molar refractivity (Wildman–Crippen MR) is 108 cm³/mol. The highest BCUT2D eigenvalue weighted by Gasteiger charge is 2.02. The van der Waals surface area contributed by atoms with E-state index in [0.29, 0.717) is 13.1 Å². The Morgan fingerprint density at radius 3 is 2.32 bits per heavy atom. The number of hydrogen-bond donors (Lipinski definition) is 2. The number of unbranched alkanes of at least 4 members (excludes halogenated alkanes) is 2. The van der Waals surface area contributed by atoms with Gasteiger partial charge in [0.05, 0.1) is 0 Å². The Labute approximate surface area is 153 Å². The van der Waals surface area contributed by atoms with Gasteiger partial charge in [-0.3, -0.25) is 0 Å². The number of hydrogen-bond acceptors (Lipinski definition) is 1. The first-order valence-electron chi connectivity index (χ1n) is 9.56. The minimum absolute atomic E-state index is 0.113. The number of urea groups is 1. The number of carbonyl (C=O) groups is 1. The van der Waals surface area contributed by atoms with E-state index in [0.717, 1.165) is 31.2 Å². The molecule has 25 heavy (non-hydrogen) atoms. The van der Waals surface area contributed by atoms with Gasteiger partial charge in [-0.1, -0.05) is 80.3 Å². The monoisotopic (exact) mass is 342 g/mol. The van der Waals surface area contributed by atoms with Crippen LogP contribution in [-0.4, -0.2) is 12.6 Å². The summed E-state index contributed by atoms with van der Waals surface area (Å²) in [5, 5.41) is 5.89. The van der Waals surface area contributed by atoms with Crippen LogP contribution in [0.2, 0.25) is 0 Å². The molecule has 1 aromatic rings. The Morgan fingerprint density at radius 1 is 0.960 bits per heavy atom. The Bertz CT molecular complexity index is 546. The van der Waals surface area contributed by atoms with Crippen LogP contribution >= 0.6 is 0 Å². The van der Waals surface area contributed by atoms with Crippen molar-refractivity contribution in [2.24, 2.45) is 0 Å². The molecule has 2 amide bonds. The topological polar surface area (TPSA) is 41.1 Å². The van der Waals surface area contributed by atoms with Gasteiger partial charge in [-0.05, 0) is 38.2 Å². The lowest BCUT2D eigenvalue weighted by Gasteiger charge is -2.10. The van der Waals surface area contributed by atoms with Gasteiger partial charge >= 0.3 is 6.03 Å². The van der Waals surface area contributed by atoms with Crippen molar-refractivity contribution in [1.82, 2.24) is 10.6 Å². The average Bonchev–Trinajstić information content (AvgIpc) is 2.64. The molecule has 0 spiro atoms. The summed E-state index contributed by atoms with van der Waals surface area (Å²) in [6, 6.07) is 9.84. The first kappa shape index (κ1) is 21.0. The van der Waals surface area contributed by atoms with Crippen LogP contribution in [0.25, 0.3) is 0 Å². The molecule has 1 aromatic carbocycles. The van der Waals surface area contributed by atoms with E-state index >= 15 is 0 Å². The minimum atomic E-state index is -0.113. The zero-order valence-electron chi connectivity index (χ0n) is 16.1. The van der Waals surface area contributed by atoms with Crippen LogP contribution in [0.1, 0.15) is 64.9 Å². The average molecular weight is 343 g/mol. The SMILES string of the molecule is CCCCC(C)=CC=C(CCCC)CNC(=O)NCc1ccccc1. The van der Waals surface area contributed by atoms with Crippen molar-refractivity contribution in [3.63, 3.8) is 0 Å². The van der Waals surface area contributed by atoms with E-state index in [1.165, 1.54) is 24.0 Å². The Morgan fingerprint density at radius 2 is 1.64 bits per heavy atom. The molecule has 0 aliphatic heterocycles. The molecule has 0 atom stereocenters. The summed E-state index contributed by atoms with van der Waals surface area (Å²) in [6.07, 6.45) is 11.4. The molecular formula is C22H34N2O. The van der Waals surface area contributed by atoms with Gasteiger partial charge in [0.25, 0.3) is 0 Å². The van der Waals surface area contributed by atoms with Crippen molar-refractivity contribution in [3.8, 4) is 0 Å². The summed E-state index contributed by atoms with van der Waals surface area (Å²) in [5.41, 5.74) is 3.80. The molecule has 0 radical (unpaired) electrons. The second-order valence-corrected chi connectivity index (χ2v) is 6.57. The van der Waals surface area contributed by atoms with Crippen molar-refractivity contribution < 1.29 is 4.79 Å². The third-order valence-electron chi connectivity index (χ3n) is 4.15. The molecule has 3 nitrogen and oxygen atoms in total. The number of benzene rings is 1. The fraction of sp³-hybridized carbons (Fsp3) is 0.500. The van der Waals surface area contributed by atoms with Crippen molar-refractivity contribution in [2.75, 3.05) is 6.54 Å². The van der Waals surface area contributed by atoms with Gasteiger partial charge in [-0.15, -0.1) is 0 Å². The molecule has 0 fully saturated rings. The molecule has 0 unspecified atom stereocenters. The lowest BCUT2D eigenvalue weighted by atomic mass is 10.1. The Hall–Kier alpha value is -2.03. The van der Waals surface area contributed by atoms with Gasteiger partial charge in [-0.2, -0.15) is 0 Å². The van der Waals surface area contributed by atoms with Gasteiger partial charge < -0.3 is 10.6 Å². The highest BCUT2D eigenvalue weighted by molar-refractivity contribution is 5.74. The third-order valence-corrected chi connectivity index (χ3v) is 4.15. The maximum Gasteiger partial charge on any atom is 0.315 e. The van der Waals surface area contributed by atoms with Gasteiger partial charge in [0.2, 0.25) is 0 Å². The van der Waals surface area contributed by atoms with Crippen molar-refractivity contribution in [3.05, 3.63) is 59.2 Å². The van der Waals surface area contributed by atoms with Crippen molar-refractivity contribution in [2.45, 2.75) is 65.8 Å². The number of allylic oxidation sites excluding steroid dienone is 3. The molecule has 0 saturated heterocycles. The molecule has 0 bridgehead atoms. The standard InChI is InChI=1S/C22H34N2O/c1-4-6-11-19(3)15-16-21(12-7-5-2)18-24-22(25)23-17-20-13-9-8-10-14-20/h8-10,13-16H,4-7,11-12,17-18H2,1-3H3,(H2,23,24,25). The lowest BCUT2D eigenvalue weighted by Crippen LogP contribution is -2.36. The van der Waals surface area contributed by atoms with Crippen molar-refractivity contribution in [1.29, 1.82) is 0 Å². The fourth-order valence-electron chi connectivity index (χ4n) is 2.47. The van der Waals surface area contributed by atoms with Crippen LogP contribution in [-0.2, 0) is 6.54 Å². The van der Waals surface area contributed by atoms with E-state index in [9.17, 15) is 4.79 Å². The molecule has 2 N–H and O–H groups in total. The van der Waals surface area contributed by atoms with Crippen LogP contribution in [0.15, 0.2) is 53.6 Å². The first-order valence-corrected chi connectivity index (χ1v) is 9.56. The molecule has 0 aliphatic carbocycles. The first-order chi connectivity index (χ1) is 12.2. The van der Waals surface area contributed by atoms with Crippen LogP contribution in [0, 0.1) is 0 Å². The lowest BCUT2D eigenvalue weighted by molar-refractivity contribution is 0.241. The molecule has 0 heterocycles. The van der Waals surface area contributed by atoms with Crippen LogP contribution < -0.4 is 10.6 Å². The molecule has 138 valence electrons. The number of rotatable bonds is 11. The van der Waals surface area contributed by atoms with Gasteiger partial charge in [-0.25, -0.2) is 4.79 Å². The van der Waals surface area contributed by atoms with Gasteiger partial charge in [0.1, 0.15) is 0 Å². The number of amides is 2. The third kappa shape index (κ3) is 10.4. The molecule has 0 aliphatic rings. The van der Waals surface area contributed by atoms with Crippen molar-refractivity contribution >= 4 is 6.03 Å². The summed E-state index contributed by atoms with van der Waals surface area (Å²) >= 11 is 0. The second-order valence-electron chi connectivity index (χ2n) is 6.57. The predicted octanol–water partition coefficient (Wildman–Crippen LogP) is 5.74.